The summed E-state index contributed by atoms with van der Waals surface area (Å²) in [5.41, 5.74) is 0.548. The molecule has 0 unspecified atom stereocenters. The number of nitrogens with zero attached hydrogens (tertiary/aromatic N) is 2. The fraction of sp³-hybridized carbons (Fsp3) is 0.500. The fourth-order valence-corrected chi connectivity index (χ4v) is 4.14. The van der Waals surface area contributed by atoms with E-state index in [0.29, 0.717) is 25.1 Å². The third-order valence-electron chi connectivity index (χ3n) is 4.42. The SMILES string of the molecule is CC(=O)Nc1ccc(S(=O)(=O)NC2=NCN(C3CCCC3)CN2)cc1. The number of benzene rings is 1. The van der Waals surface area contributed by atoms with Gasteiger partial charge in [0.25, 0.3) is 10.0 Å². The molecule has 136 valence electrons. The van der Waals surface area contributed by atoms with E-state index in [-0.39, 0.29) is 16.8 Å². The second-order valence-corrected chi connectivity index (χ2v) is 8.00. The smallest absolute Gasteiger partial charge is 0.264 e. The van der Waals surface area contributed by atoms with Crippen LogP contribution in [0.5, 0.6) is 0 Å². The third kappa shape index (κ3) is 4.49. The zero-order valence-electron chi connectivity index (χ0n) is 14.2. The highest BCUT2D eigenvalue weighted by molar-refractivity contribution is 7.90. The molecule has 1 aromatic rings. The van der Waals surface area contributed by atoms with E-state index in [4.69, 9.17) is 0 Å². The quantitative estimate of drug-likeness (QED) is 0.740. The second kappa shape index (κ2) is 7.40. The van der Waals surface area contributed by atoms with E-state index in [1.165, 1.54) is 44.7 Å². The molecule has 0 radical (unpaired) electrons. The second-order valence-electron chi connectivity index (χ2n) is 6.32. The molecule has 1 heterocycles. The summed E-state index contributed by atoms with van der Waals surface area (Å²) in [5.74, 6) is 0.0569. The first-order chi connectivity index (χ1) is 11.9. The van der Waals surface area contributed by atoms with Gasteiger partial charge in [-0.05, 0) is 37.1 Å². The highest BCUT2D eigenvalue weighted by Crippen LogP contribution is 2.23. The van der Waals surface area contributed by atoms with Gasteiger partial charge in [0.15, 0.2) is 0 Å². The number of guanidine groups is 1. The van der Waals surface area contributed by atoms with Gasteiger partial charge in [-0.1, -0.05) is 12.8 Å². The summed E-state index contributed by atoms with van der Waals surface area (Å²) in [6.45, 7) is 2.48. The lowest BCUT2D eigenvalue weighted by Crippen LogP contribution is -2.52. The van der Waals surface area contributed by atoms with E-state index in [9.17, 15) is 13.2 Å². The zero-order valence-corrected chi connectivity index (χ0v) is 15.0. The van der Waals surface area contributed by atoms with E-state index in [1.54, 1.807) is 12.1 Å². The first kappa shape index (κ1) is 17.7. The van der Waals surface area contributed by atoms with E-state index >= 15 is 0 Å². The number of anilines is 1. The normalized spacial score (nSPS) is 19.2. The molecule has 0 bridgehead atoms. The molecule has 1 fully saturated rings. The van der Waals surface area contributed by atoms with Gasteiger partial charge < -0.3 is 10.6 Å². The molecule has 1 aliphatic heterocycles. The van der Waals surface area contributed by atoms with Crippen molar-refractivity contribution in [1.29, 1.82) is 0 Å². The van der Waals surface area contributed by atoms with E-state index in [0.717, 1.165) is 0 Å². The summed E-state index contributed by atoms with van der Waals surface area (Å²) < 4.78 is 27.4. The van der Waals surface area contributed by atoms with Crippen LogP contribution in [0.1, 0.15) is 32.6 Å². The lowest BCUT2D eigenvalue weighted by Gasteiger charge is -2.31. The molecule has 8 nitrogen and oxygen atoms in total. The van der Waals surface area contributed by atoms with Crippen molar-refractivity contribution in [3.8, 4) is 0 Å². The molecule has 2 aliphatic rings. The molecule has 1 saturated carbocycles. The Morgan fingerprint density at radius 3 is 2.48 bits per heavy atom. The summed E-state index contributed by atoms with van der Waals surface area (Å²) in [7, 11) is -3.72. The van der Waals surface area contributed by atoms with Crippen LogP contribution in [0.4, 0.5) is 5.69 Å². The topological polar surface area (TPSA) is 103 Å². The number of nitrogens with one attached hydrogen (secondary N) is 3. The van der Waals surface area contributed by atoms with E-state index < -0.39 is 10.0 Å². The van der Waals surface area contributed by atoms with Crippen molar-refractivity contribution >= 4 is 27.6 Å². The molecule has 1 amide bonds. The molecule has 0 aromatic heterocycles. The Bertz CT molecular complexity index is 754. The first-order valence-corrected chi connectivity index (χ1v) is 9.85. The minimum Gasteiger partial charge on any atom is -0.343 e. The van der Waals surface area contributed by atoms with Crippen molar-refractivity contribution in [3.63, 3.8) is 0 Å². The van der Waals surface area contributed by atoms with Crippen LogP contribution < -0.4 is 15.4 Å². The largest absolute Gasteiger partial charge is 0.343 e. The minimum atomic E-state index is -3.72. The summed E-state index contributed by atoms with van der Waals surface area (Å²) in [6, 6.07) is 6.53. The Morgan fingerprint density at radius 1 is 1.24 bits per heavy atom. The predicted molar refractivity (Wildman–Crippen MR) is 95.5 cm³/mol. The van der Waals surface area contributed by atoms with Crippen LogP contribution in [-0.2, 0) is 14.8 Å². The molecule has 3 N–H and O–H groups in total. The van der Waals surface area contributed by atoms with Crippen molar-refractivity contribution in [2.75, 3.05) is 18.7 Å². The molecule has 3 rings (SSSR count). The van der Waals surface area contributed by atoms with Gasteiger partial charge in [-0.3, -0.25) is 9.69 Å². The van der Waals surface area contributed by atoms with Crippen LogP contribution in [0.2, 0.25) is 0 Å². The van der Waals surface area contributed by atoms with Crippen molar-refractivity contribution in [1.82, 2.24) is 14.9 Å². The number of rotatable bonds is 4. The molecule has 25 heavy (non-hydrogen) atoms. The molecule has 0 atom stereocenters. The Labute approximate surface area is 147 Å². The lowest BCUT2D eigenvalue weighted by atomic mass is 10.2. The molecule has 9 heteroatoms. The van der Waals surface area contributed by atoms with Gasteiger partial charge in [0, 0.05) is 18.7 Å². The van der Waals surface area contributed by atoms with Gasteiger partial charge in [0.2, 0.25) is 11.9 Å². The number of hydrogen-bond acceptors (Lipinski definition) is 6. The number of carbonyl (C=O) groups is 1. The van der Waals surface area contributed by atoms with Crippen molar-refractivity contribution in [2.45, 2.75) is 43.5 Å². The van der Waals surface area contributed by atoms with Gasteiger partial charge >= 0.3 is 0 Å². The summed E-state index contributed by atoms with van der Waals surface area (Å²) >= 11 is 0. The van der Waals surface area contributed by atoms with Crippen LogP contribution >= 0.6 is 0 Å². The Kier molecular flexibility index (Phi) is 5.24. The molecule has 1 aliphatic carbocycles. The summed E-state index contributed by atoms with van der Waals surface area (Å²) in [6.07, 6.45) is 4.86. The van der Waals surface area contributed by atoms with Gasteiger partial charge in [0.1, 0.15) is 0 Å². The average molecular weight is 365 g/mol. The zero-order chi connectivity index (χ0) is 17.9. The van der Waals surface area contributed by atoms with Gasteiger partial charge in [-0.15, -0.1) is 0 Å². The lowest BCUT2D eigenvalue weighted by molar-refractivity contribution is -0.114. The number of hydrogen-bond donors (Lipinski definition) is 3. The third-order valence-corrected chi connectivity index (χ3v) is 5.77. The molecular formula is C16H23N5O3S. The summed E-state index contributed by atoms with van der Waals surface area (Å²) in [4.78, 5) is 17.7. The average Bonchev–Trinajstić information content (AvgIpc) is 3.09. The summed E-state index contributed by atoms with van der Waals surface area (Å²) in [5, 5.41) is 5.64. The number of sulfonamides is 1. The first-order valence-electron chi connectivity index (χ1n) is 8.37. The van der Waals surface area contributed by atoms with Crippen LogP contribution in [0.25, 0.3) is 0 Å². The maximum absolute atomic E-state index is 12.4. The Morgan fingerprint density at radius 2 is 1.92 bits per heavy atom. The van der Waals surface area contributed by atoms with Gasteiger partial charge in [0.05, 0.1) is 18.2 Å². The van der Waals surface area contributed by atoms with Crippen molar-refractivity contribution in [3.05, 3.63) is 24.3 Å². The Balaban J connectivity index is 1.62. The maximum Gasteiger partial charge on any atom is 0.264 e. The van der Waals surface area contributed by atoms with Crippen LogP contribution in [0, 0.1) is 0 Å². The van der Waals surface area contributed by atoms with Gasteiger partial charge in [-0.25, -0.2) is 18.1 Å². The molecule has 0 spiro atoms. The van der Waals surface area contributed by atoms with Gasteiger partial charge in [-0.2, -0.15) is 0 Å². The van der Waals surface area contributed by atoms with Crippen LogP contribution in [0.3, 0.4) is 0 Å². The number of aliphatic imine (C=N–C) groups is 1. The van der Waals surface area contributed by atoms with E-state index in [2.05, 4.69) is 25.2 Å². The van der Waals surface area contributed by atoms with E-state index in [1.807, 2.05) is 0 Å². The molecule has 0 saturated heterocycles. The monoisotopic (exact) mass is 365 g/mol. The number of amides is 1. The van der Waals surface area contributed by atoms with Crippen molar-refractivity contribution in [2.24, 2.45) is 4.99 Å². The highest BCUT2D eigenvalue weighted by atomic mass is 32.2. The fourth-order valence-electron chi connectivity index (χ4n) is 3.13. The van der Waals surface area contributed by atoms with Crippen molar-refractivity contribution < 1.29 is 13.2 Å². The predicted octanol–water partition coefficient (Wildman–Crippen LogP) is 1.04. The number of carbonyl (C=O) groups excluding carboxylic acids is 1. The Hall–Kier alpha value is -2.13. The maximum atomic E-state index is 12.4. The highest BCUT2D eigenvalue weighted by Gasteiger charge is 2.25. The molecular weight excluding hydrogens is 342 g/mol. The molecule has 1 aromatic carbocycles. The van der Waals surface area contributed by atoms with Crippen LogP contribution in [-0.4, -0.2) is 44.6 Å². The van der Waals surface area contributed by atoms with Crippen LogP contribution in [0.15, 0.2) is 34.2 Å². The minimum absolute atomic E-state index is 0.115. The standard InChI is InChI=1S/C16H23N5O3S/c1-12(22)19-13-6-8-15(9-7-13)25(23,24)20-16-17-10-21(11-18-16)14-4-2-3-5-14/h6-9,14H,2-5,10-11H2,1H3,(H,19,22)(H2,17,18,20).